The number of rotatable bonds is 2. The van der Waals surface area contributed by atoms with Crippen LogP contribution in [0.4, 0.5) is 0 Å². The van der Waals surface area contributed by atoms with E-state index in [9.17, 15) is 24.9 Å². The summed E-state index contributed by atoms with van der Waals surface area (Å²) in [5, 5.41) is 33.3. The molecule has 0 amide bonds. The van der Waals surface area contributed by atoms with Gasteiger partial charge in [0, 0.05) is 31.1 Å². The predicted octanol–water partition coefficient (Wildman–Crippen LogP) is 2.28. The Morgan fingerprint density at radius 2 is 1.65 bits per heavy atom. The maximum Gasteiger partial charge on any atom is 0.303 e. The average Bonchev–Trinajstić information content (AvgIpc) is 2.60. The molecule has 0 aliphatic heterocycles. The third-order valence-corrected chi connectivity index (χ3v) is 7.92. The van der Waals surface area contributed by atoms with Crippen molar-refractivity contribution in [1.82, 2.24) is 0 Å². The van der Waals surface area contributed by atoms with E-state index >= 15 is 0 Å². The topological polar surface area (TPSA) is 113 Å². The lowest BCUT2D eigenvalue weighted by Crippen LogP contribution is -2.64. The molecule has 3 aliphatic rings. The van der Waals surface area contributed by atoms with Crippen LogP contribution < -0.4 is 0 Å². The lowest BCUT2D eigenvalue weighted by atomic mass is 9.49. The Morgan fingerprint density at radius 1 is 1.06 bits per heavy atom. The zero-order valence-electron chi connectivity index (χ0n) is 19.3. The number of hydrogen-bond acceptors (Lipinski definition) is 7. The van der Waals surface area contributed by atoms with Crippen LogP contribution in [0.2, 0.25) is 0 Å². The summed E-state index contributed by atoms with van der Waals surface area (Å²) in [5.74, 6) is -2.25. The van der Waals surface area contributed by atoms with E-state index in [1.54, 1.807) is 0 Å². The molecule has 0 aromatic rings. The second kappa shape index (κ2) is 8.01. The molecular weight excluding hydrogens is 400 g/mol. The molecule has 174 valence electrons. The van der Waals surface area contributed by atoms with Crippen LogP contribution in [0.15, 0.2) is 23.3 Å². The molecule has 8 atom stereocenters. The van der Waals surface area contributed by atoms with Gasteiger partial charge in [-0.1, -0.05) is 32.9 Å². The first-order valence-electron chi connectivity index (χ1n) is 11.0. The van der Waals surface area contributed by atoms with Crippen LogP contribution in [0.3, 0.4) is 0 Å². The number of aliphatic hydroxyl groups is 3. The van der Waals surface area contributed by atoms with E-state index in [-0.39, 0.29) is 0 Å². The molecule has 7 heteroatoms. The number of carbonyl (C=O) groups excluding carboxylic acids is 2. The minimum absolute atomic E-state index is 0.309. The minimum Gasteiger partial charge on any atom is -0.458 e. The summed E-state index contributed by atoms with van der Waals surface area (Å²) in [5.41, 5.74) is 0.473. The van der Waals surface area contributed by atoms with Gasteiger partial charge in [0.15, 0.2) is 6.10 Å². The molecule has 0 saturated heterocycles. The Bertz CT molecular complexity index is 813. The lowest BCUT2D eigenvalue weighted by Gasteiger charge is -2.59. The fourth-order valence-corrected chi connectivity index (χ4v) is 6.75. The zero-order chi connectivity index (χ0) is 23.5. The van der Waals surface area contributed by atoms with Crippen LogP contribution in [-0.2, 0) is 19.1 Å². The van der Waals surface area contributed by atoms with Crippen molar-refractivity contribution in [3.8, 4) is 0 Å². The molecular formula is C24H36O7. The highest BCUT2D eigenvalue weighted by Gasteiger charge is 2.63. The maximum absolute atomic E-state index is 12.2. The van der Waals surface area contributed by atoms with E-state index < -0.39 is 65.1 Å². The van der Waals surface area contributed by atoms with E-state index in [0.29, 0.717) is 24.8 Å². The fourth-order valence-electron chi connectivity index (χ4n) is 6.75. The van der Waals surface area contributed by atoms with Crippen molar-refractivity contribution in [2.75, 3.05) is 0 Å². The van der Waals surface area contributed by atoms with Crippen LogP contribution in [0.5, 0.6) is 0 Å². The number of esters is 2. The highest BCUT2D eigenvalue weighted by atomic mass is 16.6. The Balaban J connectivity index is 2.34. The molecule has 3 rings (SSSR count). The van der Waals surface area contributed by atoms with Crippen molar-refractivity contribution >= 4 is 11.9 Å². The molecule has 0 radical (unpaired) electrons. The SMILES string of the molecule is C=C1[C@@H](O)CC[C@@]2(C)[C@@H](OC(C)=O)[C@H](OC(C)=O)C3=C(C)C[C@H](O)[C@@H]([C@@H](O)[C@H]12)C3(C)C. The minimum atomic E-state index is -1.03. The summed E-state index contributed by atoms with van der Waals surface area (Å²) in [6.45, 7) is 14.3. The molecule has 0 spiro atoms. The first kappa shape index (κ1) is 24.0. The van der Waals surface area contributed by atoms with Gasteiger partial charge in [-0.25, -0.2) is 0 Å². The van der Waals surface area contributed by atoms with Gasteiger partial charge in [-0.2, -0.15) is 0 Å². The van der Waals surface area contributed by atoms with Gasteiger partial charge in [0.2, 0.25) is 0 Å². The van der Waals surface area contributed by atoms with Gasteiger partial charge in [-0.05, 0) is 42.7 Å². The standard InChI is InChI=1S/C24H36O7/c1-11-10-16(28)19-20(29)18-12(2)15(27)8-9-24(18,7)22(31-14(4)26)21(30-13(3)25)17(11)23(19,5)6/h15-16,18-22,27-29H,2,8-10H2,1,3-7H3/t15-,16-,18-,19-,20-,21+,22-,24+/m0/s1. The van der Waals surface area contributed by atoms with Crippen molar-refractivity contribution < 1.29 is 34.4 Å². The van der Waals surface area contributed by atoms with Crippen molar-refractivity contribution in [3.63, 3.8) is 0 Å². The summed E-state index contributed by atoms with van der Waals surface area (Å²) in [4.78, 5) is 24.4. The lowest BCUT2D eigenvalue weighted by molar-refractivity contribution is -0.200. The molecule has 0 aromatic heterocycles. The molecule has 7 nitrogen and oxygen atoms in total. The highest BCUT2D eigenvalue weighted by Crippen LogP contribution is 2.59. The molecule has 0 unspecified atom stereocenters. The average molecular weight is 437 g/mol. The van der Waals surface area contributed by atoms with E-state index in [0.717, 1.165) is 11.1 Å². The largest absolute Gasteiger partial charge is 0.458 e. The second-order valence-corrected chi connectivity index (χ2v) is 10.4. The van der Waals surface area contributed by atoms with Gasteiger partial charge in [0.05, 0.1) is 18.3 Å². The fraction of sp³-hybridized carbons (Fsp3) is 0.750. The number of carbonyl (C=O) groups is 2. The normalized spacial score (nSPS) is 42.2. The first-order valence-corrected chi connectivity index (χ1v) is 11.0. The van der Waals surface area contributed by atoms with E-state index in [1.807, 2.05) is 27.7 Å². The quantitative estimate of drug-likeness (QED) is 0.450. The summed E-state index contributed by atoms with van der Waals surface area (Å²) in [6.07, 6.45) is -3.27. The molecule has 2 fully saturated rings. The Labute approximate surface area is 184 Å². The summed E-state index contributed by atoms with van der Waals surface area (Å²) in [6, 6.07) is 0. The predicted molar refractivity (Wildman–Crippen MR) is 114 cm³/mol. The molecule has 31 heavy (non-hydrogen) atoms. The van der Waals surface area contributed by atoms with Crippen LogP contribution in [0, 0.1) is 22.7 Å². The number of ether oxygens (including phenoxy) is 2. The molecule has 0 heterocycles. The van der Waals surface area contributed by atoms with Gasteiger partial charge in [-0.15, -0.1) is 0 Å². The van der Waals surface area contributed by atoms with Gasteiger partial charge in [0.1, 0.15) is 6.10 Å². The third-order valence-electron chi connectivity index (χ3n) is 7.92. The summed E-state index contributed by atoms with van der Waals surface area (Å²) in [7, 11) is 0. The van der Waals surface area contributed by atoms with Crippen LogP contribution >= 0.6 is 0 Å². The summed E-state index contributed by atoms with van der Waals surface area (Å²) < 4.78 is 11.7. The monoisotopic (exact) mass is 436 g/mol. The molecule has 2 saturated carbocycles. The van der Waals surface area contributed by atoms with Crippen molar-refractivity contribution in [3.05, 3.63) is 23.3 Å². The van der Waals surface area contributed by atoms with Crippen LogP contribution in [-0.4, -0.2) is 57.8 Å². The van der Waals surface area contributed by atoms with Crippen LogP contribution in [0.25, 0.3) is 0 Å². The Kier molecular flexibility index (Phi) is 6.19. The van der Waals surface area contributed by atoms with Crippen molar-refractivity contribution in [1.29, 1.82) is 0 Å². The number of fused-ring (bicyclic) bond motifs is 3. The van der Waals surface area contributed by atoms with E-state index in [2.05, 4.69) is 6.58 Å². The van der Waals surface area contributed by atoms with Crippen molar-refractivity contribution in [2.24, 2.45) is 22.7 Å². The summed E-state index contributed by atoms with van der Waals surface area (Å²) >= 11 is 0. The number of aliphatic hydroxyl groups excluding tert-OH is 3. The van der Waals surface area contributed by atoms with Gasteiger partial charge in [0.25, 0.3) is 0 Å². The van der Waals surface area contributed by atoms with Gasteiger partial charge < -0.3 is 24.8 Å². The zero-order valence-corrected chi connectivity index (χ0v) is 19.3. The van der Waals surface area contributed by atoms with E-state index in [1.165, 1.54) is 13.8 Å². The first-order chi connectivity index (χ1) is 14.2. The van der Waals surface area contributed by atoms with Crippen molar-refractivity contribution in [2.45, 2.75) is 91.3 Å². The highest BCUT2D eigenvalue weighted by molar-refractivity contribution is 5.68. The van der Waals surface area contributed by atoms with Crippen LogP contribution in [0.1, 0.15) is 60.8 Å². The Morgan fingerprint density at radius 3 is 2.19 bits per heavy atom. The third kappa shape index (κ3) is 3.74. The molecule has 0 aromatic carbocycles. The van der Waals surface area contributed by atoms with Gasteiger partial charge >= 0.3 is 11.9 Å². The van der Waals surface area contributed by atoms with Gasteiger partial charge in [-0.3, -0.25) is 9.59 Å². The number of hydrogen-bond donors (Lipinski definition) is 3. The second-order valence-electron chi connectivity index (χ2n) is 10.4. The Hall–Kier alpha value is -1.70. The molecule has 3 N–H and O–H groups in total. The van der Waals surface area contributed by atoms with E-state index in [4.69, 9.17) is 9.47 Å². The maximum atomic E-state index is 12.2. The molecule has 2 bridgehead atoms. The molecule has 3 aliphatic carbocycles. The smallest absolute Gasteiger partial charge is 0.303 e.